The standard InChI is InChI=1S/C14H11F2N5/c1-8-6-10(3-5-12(8)16)21-14(18-19-20-21)11-4-2-9(15)7-13(11)17/h2-7H,17H2,1H3. The molecule has 0 atom stereocenters. The van der Waals surface area contributed by atoms with Crippen molar-refractivity contribution in [2.45, 2.75) is 6.92 Å². The zero-order chi connectivity index (χ0) is 15.0. The van der Waals surface area contributed by atoms with Crippen molar-refractivity contribution in [3.63, 3.8) is 0 Å². The molecule has 3 rings (SSSR count). The summed E-state index contributed by atoms with van der Waals surface area (Å²) in [6.45, 7) is 1.65. The molecule has 7 heteroatoms. The average Bonchev–Trinajstić information content (AvgIpc) is 2.91. The molecule has 0 aliphatic carbocycles. The molecule has 0 radical (unpaired) electrons. The summed E-state index contributed by atoms with van der Waals surface area (Å²) < 4.78 is 27.9. The van der Waals surface area contributed by atoms with E-state index in [2.05, 4.69) is 15.5 Å². The molecular formula is C14H11F2N5. The number of hydrogen-bond acceptors (Lipinski definition) is 4. The summed E-state index contributed by atoms with van der Waals surface area (Å²) in [4.78, 5) is 0. The van der Waals surface area contributed by atoms with Crippen molar-refractivity contribution in [3.8, 4) is 17.1 Å². The lowest BCUT2D eigenvalue weighted by Gasteiger charge is -2.08. The van der Waals surface area contributed by atoms with Crippen LogP contribution in [0.25, 0.3) is 17.1 Å². The van der Waals surface area contributed by atoms with E-state index in [9.17, 15) is 8.78 Å². The van der Waals surface area contributed by atoms with Crippen LogP contribution in [0.15, 0.2) is 36.4 Å². The zero-order valence-electron chi connectivity index (χ0n) is 11.1. The predicted molar refractivity (Wildman–Crippen MR) is 73.7 cm³/mol. The van der Waals surface area contributed by atoms with Crippen molar-refractivity contribution in [1.29, 1.82) is 0 Å². The minimum Gasteiger partial charge on any atom is -0.398 e. The SMILES string of the molecule is Cc1cc(-n2nnnc2-c2ccc(F)cc2N)ccc1F. The molecule has 0 fully saturated rings. The van der Waals surface area contributed by atoms with Crippen LogP contribution in [0.1, 0.15) is 5.56 Å². The number of nitrogen functional groups attached to an aromatic ring is 1. The molecular weight excluding hydrogens is 276 g/mol. The fourth-order valence-corrected chi connectivity index (χ4v) is 2.03. The van der Waals surface area contributed by atoms with Crippen LogP contribution in [0.3, 0.4) is 0 Å². The molecule has 3 aromatic rings. The second-order valence-electron chi connectivity index (χ2n) is 4.58. The van der Waals surface area contributed by atoms with Gasteiger partial charge < -0.3 is 5.73 Å². The number of aryl methyl sites for hydroxylation is 1. The summed E-state index contributed by atoms with van der Waals surface area (Å²) in [5.41, 5.74) is 7.60. The molecule has 0 bridgehead atoms. The van der Waals surface area contributed by atoms with E-state index < -0.39 is 5.82 Å². The van der Waals surface area contributed by atoms with E-state index in [4.69, 9.17) is 5.73 Å². The van der Waals surface area contributed by atoms with Crippen LogP contribution >= 0.6 is 0 Å². The van der Waals surface area contributed by atoms with Crippen LogP contribution in [0.4, 0.5) is 14.5 Å². The Hall–Kier alpha value is -2.83. The van der Waals surface area contributed by atoms with E-state index in [0.29, 0.717) is 22.6 Å². The van der Waals surface area contributed by atoms with Crippen molar-refractivity contribution in [2.24, 2.45) is 0 Å². The minimum absolute atomic E-state index is 0.227. The Morgan fingerprint density at radius 1 is 1.10 bits per heavy atom. The molecule has 2 aromatic carbocycles. The largest absolute Gasteiger partial charge is 0.398 e. The summed E-state index contributed by atoms with van der Waals surface area (Å²) in [5, 5.41) is 11.4. The second-order valence-corrected chi connectivity index (χ2v) is 4.58. The van der Waals surface area contributed by atoms with E-state index in [0.717, 1.165) is 0 Å². The number of benzene rings is 2. The number of rotatable bonds is 2. The van der Waals surface area contributed by atoms with Gasteiger partial charge in [0, 0.05) is 11.3 Å². The van der Waals surface area contributed by atoms with Gasteiger partial charge in [-0.05, 0) is 59.3 Å². The lowest BCUT2D eigenvalue weighted by Crippen LogP contribution is -2.02. The molecule has 0 saturated heterocycles. The number of aromatic nitrogens is 4. The summed E-state index contributed by atoms with van der Waals surface area (Å²) in [6, 6.07) is 8.50. The average molecular weight is 287 g/mol. The van der Waals surface area contributed by atoms with Crippen LogP contribution in [0.2, 0.25) is 0 Å². The molecule has 0 aliphatic rings. The normalized spacial score (nSPS) is 10.8. The van der Waals surface area contributed by atoms with Gasteiger partial charge in [0.2, 0.25) is 0 Å². The van der Waals surface area contributed by atoms with Crippen molar-refractivity contribution in [2.75, 3.05) is 5.73 Å². The number of nitrogens with two attached hydrogens (primary N) is 1. The first-order chi connectivity index (χ1) is 10.1. The molecule has 5 nitrogen and oxygen atoms in total. The highest BCUT2D eigenvalue weighted by Gasteiger charge is 2.14. The van der Waals surface area contributed by atoms with E-state index in [1.165, 1.54) is 28.9 Å². The highest BCUT2D eigenvalue weighted by Crippen LogP contribution is 2.26. The Kier molecular flexibility index (Phi) is 3.09. The fourth-order valence-electron chi connectivity index (χ4n) is 2.03. The number of nitrogens with zero attached hydrogens (tertiary/aromatic N) is 4. The highest BCUT2D eigenvalue weighted by atomic mass is 19.1. The van der Waals surface area contributed by atoms with Crippen LogP contribution in [0, 0.1) is 18.6 Å². The molecule has 106 valence electrons. The summed E-state index contributed by atoms with van der Waals surface area (Å²) in [7, 11) is 0. The molecule has 0 spiro atoms. The Morgan fingerprint density at radius 2 is 1.90 bits per heavy atom. The Bertz CT molecular complexity index is 813. The van der Waals surface area contributed by atoms with Gasteiger partial charge in [-0.3, -0.25) is 0 Å². The molecule has 2 N–H and O–H groups in total. The molecule has 0 saturated carbocycles. The molecule has 1 aromatic heterocycles. The lowest BCUT2D eigenvalue weighted by atomic mass is 10.1. The molecule has 0 aliphatic heterocycles. The fraction of sp³-hybridized carbons (Fsp3) is 0.0714. The van der Waals surface area contributed by atoms with Crippen LogP contribution in [0.5, 0.6) is 0 Å². The monoisotopic (exact) mass is 287 g/mol. The maximum Gasteiger partial charge on any atom is 0.189 e. The summed E-state index contributed by atoms with van der Waals surface area (Å²) >= 11 is 0. The van der Waals surface area contributed by atoms with Crippen LogP contribution in [-0.4, -0.2) is 20.2 Å². The van der Waals surface area contributed by atoms with Crippen LogP contribution < -0.4 is 5.73 Å². The van der Waals surface area contributed by atoms with Crippen molar-refractivity contribution < 1.29 is 8.78 Å². The van der Waals surface area contributed by atoms with Crippen molar-refractivity contribution in [3.05, 3.63) is 53.6 Å². The third kappa shape index (κ3) is 2.33. The third-order valence-corrected chi connectivity index (χ3v) is 3.11. The van der Waals surface area contributed by atoms with Gasteiger partial charge in [0.1, 0.15) is 11.6 Å². The smallest absolute Gasteiger partial charge is 0.189 e. The highest BCUT2D eigenvalue weighted by molar-refractivity contribution is 5.72. The number of tetrazole rings is 1. The van der Waals surface area contributed by atoms with Gasteiger partial charge in [0.05, 0.1) is 5.69 Å². The Morgan fingerprint density at radius 3 is 2.62 bits per heavy atom. The van der Waals surface area contributed by atoms with E-state index in [-0.39, 0.29) is 11.5 Å². The van der Waals surface area contributed by atoms with Crippen molar-refractivity contribution >= 4 is 5.69 Å². The number of halogens is 2. The van der Waals surface area contributed by atoms with Gasteiger partial charge in [-0.15, -0.1) is 5.10 Å². The first kappa shape index (κ1) is 13.2. The lowest BCUT2D eigenvalue weighted by molar-refractivity contribution is 0.617. The summed E-state index contributed by atoms with van der Waals surface area (Å²) in [6.07, 6.45) is 0. The maximum absolute atomic E-state index is 13.3. The van der Waals surface area contributed by atoms with Crippen LogP contribution in [-0.2, 0) is 0 Å². The Labute approximate surface area is 119 Å². The number of anilines is 1. The zero-order valence-corrected chi connectivity index (χ0v) is 11.1. The first-order valence-corrected chi connectivity index (χ1v) is 6.16. The van der Waals surface area contributed by atoms with E-state index in [1.54, 1.807) is 19.1 Å². The quantitative estimate of drug-likeness (QED) is 0.735. The third-order valence-electron chi connectivity index (χ3n) is 3.11. The van der Waals surface area contributed by atoms with E-state index >= 15 is 0 Å². The number of hydrogen-bond donors (Lipinski definition) is 1. The predicted octanol–water partition coefficient (Wildman–Crippen LogP) is 2.50. The van der Waals surface area contributed by atoms with Gasteiger partial charge in [-0.1, -0.05) is 0 Å². The van der Waals surface area contributed by atoms with E-state index in [1.807, 2.05) is 0 Å². The Balaban J connectivity index is 2.14. The molecule has 21 heavy (non-hydrogen) atoms. The molecule has 0 unspecified atom stereocenters. The van der Waals surface area contributed by atoms with Gasteiger partial charge >= 0.3 is 0 Å². The first-order valence-electron chi connectivity index (χ1n) is 6.16. The molecule has 1 heterocycles. The second kappa shape index (κ2) is 4.93. The van der Waals surface area contributed by atoms with Gasteiger partial charge in [-0.25, -0.2) is 8.78 Å². The van der Waals surface area contributed by atoms with Crippen molar-refractivity contribution in [1.82, 2.24) is 20.2 Å². The minimum atomic E-state index is -0.437. The van der Waals surface area contributed by atoms with Gasteiger partial charge in [-0.2, -0.15) is 4.68 Å². The molecule has 0 amide bonds. The maximum atomic E-state index is 13.3. The summed E-state index contributed by atoms with van der Waals surface area (Å²) in [5.74, 6) is -0.388. The van der Waals surface area contributed by atoms with Gasteiger partial charge in [0.25, 0.3) is 0 Å². The topological polar surface area (TPSA) is 69.6 Å². The van der Waals surface area contributed by atoms with Gasteiger partial charge in [0.15, 0.2) is 5.82 Å².